The normalized spacial score (nSPS) is 10.7. The van der Waals surface area contributed by atoms with Crippen molar-refractivity contribution in [3.05, 3.63) is 57.9 Å². The molecule has 0 unspecified atom stereocenters. The number of aliphatic hydroxyl groups is 1. The molecule has 0 aliphatic carbocycles. The molecule has 1 aromatic carbocycles. The van der Waals surface area contributed by atoms with Crippen LogP contribution in [0.1, 0.15) is 22.8 Å². The Bertz CT molecular complexity index is 575. The minimum absolute atomic E-state index is 0.0857. The number of hydrogen-bond donors (Lipinski definition) is 1. The van der Waals surface area contributed by atoms with Crippen molar-refractivity contribution in [1.29, 1.82) is 0 Å². The summed E-state index contributed by atoms with van der Waals surface area (Å²) < 4.78 is 13.7. The van der Waals surface area contributed by atoms with E-state index in [-0.39, 0.29) is 18.1 Å². The first-order valence-electron chi connectivity index (χ1n) is 5.47. The van der Waals surface area contributed by atoms with Crippen LogP contribution in [0.3, 0.4) is 0 Å². The molecule has 0 saturated heterocycles. The van der Waals surface area contributed by atoms with Crippen molar-refractivity contribution in [3.63, 3.8) is 0 Å². The minimum atomic E-state index is -0.449. The molecule has 18 heavy (non-hydrogen) atoms. The van der Waals surface area contributed by atoms with Gasteiger partial charge in [-0.1, -0.05) is 23.7 Å². The van der Waals surface area contributed by atoms with Crippen LogP contribution in [-0.4, -0.2) is 15.1 Å². The number of rotatable bonds is 3. The zero-order valence-electron chi connectivity index (χ0n) is 9.82. The van der Waals surface area contributed by atoms with E-state index in [0.29, 0.717) is 17.1 Å². The van der Waals surface area contributed by atoms with Gasteiger partial charge >= 0.3 is 0 Å². The number of nitrogens with zero attached hydrogens (tertiary/aromatic N) is 2. The largest absolute Gasteiger partial charge is 0.390 e. The lowest BCUT2D eigenvalue weighted by Crippen LogP contribution is -2.03. The van der Waals surface area contributed by atoms with Crippen molar-refractivity contribution < 1.29 is 9.50 Å². The van der Waals surface area contributed by atoms with E-state index in [9.17, 15) is 4.39 Å². The smallest absolute Gasteiger partial charge is 0.145 e. The Labute approximate surface area is 109 Å². The zero-order chi connectivity index (χ0) is 13.1. The predicted octanol–water partition coefficient (Wildman–Crippen LogP) is 2.66. The maximum absolute atomic E-state index is 13.7. The second-order valence-corrected chi connectivity index (χ2v) is 4.37. The van der Waals surface area contributed by atoms with E-state index in [1.165, 1.54) is 6.07 Å². The van der Waals surface area contributed by atoms with E-state index in [1.807, 2.05) is 0 Å². The molecule has 1 N–H and O–H groups in total. The average Bonchev–Trinajstić information content (AvgIpc) is 2.34. The summed E-state index contributed by atoms with van der Waals surface area (Å²) in [6.45, 7) is 1.65. The third-order valence-corrected chi connectivity index (χ3v) is 2.79. The van der Waals surface area contributed by atoms with Crippen molar-refractivity contribution in [2.45, 2.75) is 20.0 Å². The van der Waals surface area contributed by atoms with Gasteiger partial charge in [-0.2, -0.15) is 0 Å². The summed E-state index contributed by atoms with van der Waals surface area (Å²) in [4.78, 5) is 8.36. The highest BCUT2D eigenvalue weighted by Gasteiger charge is 2.09. The lowest BCUT2D eigenvalue weighted by Gasteiger charge is -2.06. The van der Waals surface area contributed by atoms with Gasteiger partial charge in [-0.05, 0) is 24.6 Å². The van der Waals surface area contributed by atoms with Gasteiger partial charge in [-0.15, -0.1) is 0 Å². The molecule has 0 atom stereocenters. The molecule has 0 spiro atoms. The fourth-order valence-corrected chi connectivity index (χ4v) is 1.91. The number of hydrogen-bond acceptors (Lipinski definition) is 3. The first-order chi connectivity index (χ1) is 8.60. The summed E-state index contributed by atoms with van der Waals surface area (Å²) in [7, 11) is 0. The summed E-state index contributed by atoms with van der Waals surface area (Å²) in [5.41, 5.74) is 1.71. The molecule has 0 aliphatic heterocycles. The van der Waals surface area contributed by atoms with Crippen LogP contribution in [0.2, 0.25) is 5.02 Å². The molecule has 0 aliphatic rings. The summed E-state index contributed by atoms with van der Waals surface area (Å²) in [5.74, 6) is 0.0232. The Hall–Kier alpha value is -1.52. The second-order valence-electron chi connectivity index (χ2n) is 3.96. The van der Waals surface area contributed by atoms with Crippen LogP contribution in [0.5, 0.6) is 0 Å². The van der Waals surface area contributed by atoms with Crippen molar-refractivity contribution in [2.24, 2.45) is 0 Å². The van der Waals surface area contributed by atoms with Crippen molar-refractivity contribution in [3.8, 4) is 0 Å². The lowest BCUT2D eigenvalue weighted by molar-refractivity contribution is 0.276. The fraction of sp³-hybridized carbons (Fsp3) is 0.231. The molecule has 0 radical (unpaired) electrons. The molecule has 3 nitrogen and oxygen atoms in total. The number of aryl methyl sites for hydroxylation is 1. The third-order valence-electron chi connectivity index (χ3n) is 2.50. The molecular formula is C13H12ClFN2O. The average molecular weight is 267 g/mol. The van der Waals surface area contributed by atoms with Crippen LogP contribution in [0.15, 0.2) is 24.3 Å². The Morgan fingerprint density at radius 3 is 2.83 bits per heavy atom. The van der Waals surface area contributed by atoms with Gasteiger partial charge in [0.25, 0.3) is 0 Å². The van der Waals surface area contributed by atoms with Gasteiger partial charge in [0.1, 0.15) is 11.6 Å². The van der Waals surface area contributed by atoms with E-state index in [0.717, 1.165) is 5.69 Å². The predicted molar refractivity (Wildman–Crippen MR) is 66.9 cm³/mol. The van der Waals surface area contributed by atoms with Gasteiger partial charge < -0.3 is 5.11 Å². The maximum atomic E-state index is 13.7. The van der Waals surface area contributed by atoms with Crippen molar-refractivity contribution in [1.82, 2.24) is 9.97 Å². The molecular weight excluding hydrogens is 255 g/mol. The summed E-state index contributed by atoms with van der Waals surface area (Å²) in [6, 6.07) is 6.52. The van der Waals surface area contributed by atoms with Gasteiger partial charge in [-0.3, -0.25) is 0 Å². The Morgan fingerprint density at radius 2 is 2.11 bits per heavy atom. The molecule has 1 aromatic heterocycles. The monoisotopic (exact) mass is 266 g/mol. The van der Waals surface area contributed by atoms with Gasteiger partial charge in [0.15, 0.2) is 0 Å². The van der Waals surface area contributed by atoms with Gasteiger partial charge in [0.05, 0.1) is 17.3 Å². The first kappa shape index (κ1) is 12.9. The number of benzene rings is 1. The highest BCUT2D eigenvalue weighted by Crippen LogP contribution is 2.19. The van der Waals surface area contributed by atoms with Crippen LogP contribution in [-0.2, 0) is 13.0 Å². The van der Waals surface area contributed by atoms with Gasteiger partial charge in [-0.25, -0.2) is 14.4 Å². The lowest BCUT2D eigenvalue weighted by atomic mass is 10.1. The minimum Gasteiger partial charge on any atom is -0.390 e. The van der Waals surface area contributed by atoms with Gasteiger partial charge in [0.2, 0.25) is 0 Å². The summed E-state index contributed by atoms with van der Waals surface area (Å²) in [5, 5.41) is 9.15. The van der Waals surface area contributed by atoms with Crippen molar-refractivity contribution >= 4 is 11.6 Å². The van der Waals surface area contributed by atoms with E-state index >= 15 is 0 Å². The quantitative estimate of drug-likeness (QED) is 0.929. The molecule has 0 fully saturated rings. The molecule has 5 heteroatoms. The topological polar surface area (TPSA) is 46.0 Å². The van der Waals surface area contributed by atoms with Crippen LogP contribution in [0, 0.1) is 12.7 Å². The molecule has 0 bridgehead atoms. The highest BCUT2D eigenvalue weighted by molar-refractivity contribution is 6.30. The van der Waals surface area contributed by atoms with Crippen LogP contribution in [0.4, 0.5) is 4.39 Å². The van der Waals surface area contributed by atoms with Crippen LogP contribution >= 0.6 is 11.6 Å². The molecule has 0 amide bonds. The zero-order valence-corrected chi connectivity index (χ0v) is 10.6. The van der Waals surface area contributed by atoms with E-state index < -0.39 is 5.82 Å². The first-order valence-corrected chi connectivity index (χ1v) is 5.85. The molecule has 94 valence electrons. The van der Waals surface area contributed by atoms with Crippen LogP contribution in [0.25, 0.3) is 0 Å². The third kappa shape index (κ3) is 2.83. The maximum Gasteiger partial charge on any atom is 0.145 e. The Balaban J connectivity index is 2.34. The summed E-state index contributed by atoms with van der Waals surface area (Å²) >= 11 is 5.71. The van der Waals surface area contributed by atoms with E-state index in [1.54, 1.807) is 25.1 Å². The molecule has 0 saturated carbocycles. The Morgan fingerprint density at radius 1 is 1.33 bits per heavy atom. The molecule has 2 aromatic rings. The van der Waals surface area contributed by atoms with Crippen molar-refractivity contribution in [2.75, 3.05) is 0 Å². The second kappa shape index (κ2) is 5.42. The molecule has 2 rings (SSSR count). The standard InChI is InChI=1S/C13H12ClFN2O/c1-8-5-10(7-18)17-12(16-8)6-9-3-2-4-11(14)13(9)15/h2-5,18H,6-7H2,1H3. The number of halogens is 2. The van der Waals surface area contributed by atoms with E-state index in [4.69, 9.17) is 16.7 Å². The fourth-order valence-electron chi connectivity index (χ4n) is 1.72. The van der Waals surface area contributed by atoms with E-state index in [2.05, 4.69) is 9.97 Å². The Kier molecular flexibility index (Phi) is 3.89. The number of aromatic nitrogens is 2. The summed E-state index contributed by atoms with van der Waals surface area (Å²) in [6.07, 6.45) is 0.251. The molecule has 1 heterocycles. The highest BCUT2D eigenvalue weighted by atomic mass is 35.5. The SMILES string of the molecule is Cc1cc(CO)nc(Cc2cccc(Cl)c2F)n1. The van der Waals surface area contributed by atoms with Gasteiger partial charge in [0, 0.05) is 12.1 Å². The van der Waals surface area contributed by atoms with Crippen LogP contribution < -0.4 is 0 Å². The number of aliphatic hydroxyl groups excluding tert-OH is 1.